The Morgan fingerprint density at radius 3 is 2.64 bits per heavy atom. The molecular formula is C14H11BrN2O5. The summed E-state index contributed by atoms with van der Waals surface area (Å²) in [6, 6.07) is 5.84. The summed E-state index contributed by atoms with van der Waals surface area (Å²) in [6.45, 7) is 0. The number of carbonyl (C=O) groups excluding carboxylic acids is 1. The molecule has 0 fully saturated rings. The van der Waals surface area contributed by atoms with Crippen LogP contribution in [0, 0.1) is 10.1 Å². The third-order valence-corrected chi connectivity index (χ3v) is 3.34. The van der Waals surface area contributed by atoms with Gasteiger partial charge in [0.05, 0.1) is 24.7 Å². The monoisotopic (exact) mass is 366 g/mol. The highest BCUT2D eigenvalue weighted by atomic mass is 79.9. The summed E-state index contributed by atoms with van der Waals surface area (Å²) in [7, 11) is 2.68. The van der Waals surface area contributed by atoms with Gasteiger partial charge in [0.25, 0.3) is 5.69 Å². The van der Waals surface area contributed by atoms with Crippen LogP contribution in [0.15, 0.2) is 34.9 Å². The number of benzene rings is 1. The van der Waals surface area contributed by atoms with Crippen molar-refractivity contribution in [2.45, 2.75) is 0 Å². The van der Waals surface area contributed by atoms with Crippen molar-refractivity contribution in [3.8, 4) is 17.0 Å². The second kappa shape index (κ2) is 6.52. The lowest BCUT2D eigenvalue weighted by atomic mass is 10.1. The first-order valence-corrected chi connectivity index (χ1v) is 6.84. The highest BCUT2D eigenvalue weighted by molar-refractivity contribution is 9.10. The Kier molecular flexibility index (Phi) is 4.71. The Hall–Kier alpha value is -2.48. The second-order valence-electron chi connectivity index (χ2n) is 4.19. The van der Waals surface area contributed by atoms with E-state index in [1.807, 2.05) is 0 Å². The molecule has 114 valence electrons. The smallest absolute Gasteiger partial charge is 0.337 e. The zero-order chi connectivity index (χ0) is 16.3. The molecule has 0 atom stereocenters. The van der Waals surface area contributed by atoms with Gasteiger partial charge in [0.1, 0.15) is 5.75 Å². The fourth-order valence-electron chi connectivity index (χ4n) is 1.91. The highest BCUT2D eigenvalue weighted by Crippen LogP contribution is 2.36. The largest absolute Gasteiger partial charge is 0.496 e. The van der Waals surface area contributed by atoms with Crippen LogP contribution in [0.5, 0.6) is 5.75 Å². The van der Waals surface area contributed by atoms with Crippen molar-refractivity contribution in [1.29, 1.82) is 0 Å². The van der Waals surface area contributed by atoms with Crippen molar-refractivity contribution in [2.24, 2.45) is 0 Å². The van der Waals surface area contributed by atoms with Crippen LogP contribution in [0.2, 0.25) is 0 Å². The summed E-state index contributed by atoms with van der Waals surface area (Å²) in [6.07, 6.45) is 1.45. The van der Waals surface area contributed by atoms with Gasteiger partial charge >= 0.3 is 5.97 Å². The van der Waals surface area contributed by atoms with Crippen molar-refractivity contribution in [3.05, 3.63) is 50.6 Å². The summed E-state index contributed by atoms with van der Waals surface area (Å²) in [5.41, 5.74) is 0.678. The molecule has 8 heteroatoms. The molecule has 0 aliphatic rings. The molecule has 0 saturated carbocycles. The molecule has 22 heavy (non-hydrogen) atoms. The first kappa shape index (κ1) is 15.9. The van der Waals surface area contributed by atoms with E-state index in [9.17, 15) is 14.9 Å². The number of ether oxygens (including phenoxy) is 2. The Labute approximate surface area is 134 Å². The fraction of sp³-hybridized carbons (Fsp3) is 0.143. The number of nitro groups is 1. The lowest BCUT2D eigenvalue weighted by Crippen LogP contribution is -2.03. The van der Waals surface area contributed by atoms with E-state index in [0.29, 0.717) is 15.8 Å². The Balaban J connectivity index is 2.63. The standard InChI is InChI=1S/C14H11BrN2O5/c1-21-12-5-8(14(18)22-2)3-4-10(12)13-11(17(19)20)6-9(15)7-16-13/h3-7H,1-2H3. The minimum atomic E-state index is -0.527. The van der Waals surface area contributed by atoms with Gasteiger partial charge in [-0.1, -0.05) is 0 Å². The predicted molar refractivity (Wildman–Crippen MR) is 81.9 cm³/mol. The van der Waals surface area contributed by atoms with Gasteiger partial charge in [-0.15, -0.1) is 0 Å². The normalized spacial score (nSPS) is 10.1. The van der Waals surface area contributed by atoms with E-state index in [4.69, 9.17) is 4.74 Å². The number of hydrogen-bond acceptors (Lipinski definition) is 6. The third-order valence-electron chi connectivity index (χ3n) is 2.91. The molecule has 0 unspecified atom stereocenters. The van der Waals surface area contributed by atoms with Crippen molar-refractivity contribution >= 4 is 27.6 Å². The van der Waals surface area contributed by atoms with E-state index in [0.717, 1.165) is 0 Å². The van der Waals surface area contributed by atoms with Gasteiger partial charge in [0, 0.05) is 22.3 Å². The maximum absolute atomic E-state index is 11.5. The molecule has 2 aromatic rings. The molecule has 0 aliphatic heterocycles. The number of hydrogen-bond donors (Lipinski definition) is 0. The molecule has 7 nitrogen and oxygen atoms in total. The fourth-order valence-corrected chi connectivity index (χ4v) is 2.23. The minimum Gasteiger partial charge on any atom is -0.496 e. The topological polar surface area (TPSA) is 91.6 Å². The number of esters is 1. The van der Waals surface area contributed by atoms with Gasteiger partial charge in [0.15, 0.2) is 5.69 Å². The molecule has 0 spiro atoms. The van der Waals surface area contributed by atoms with Gasteiger partial charge in [0.2, 0.25) is 0 Å². The van der Waals surface area contributed by atoms with E-state index in [-0.39, 0.29) is 16.9 Å². The molecule has 0 bridgehead atoms. The Bertz CT molecular complexity index is 748. The highest BCUT2D eigenvalue weighted by Gasteiger charge is 2.21. The number of rotatable bonds is 4. The average Bonchev–Trinajstić information content (AvgIpc) is 2.53. The van der Waals surface area contributed by atoms with Crippen LogP contribution in [0.1, 0.15) is 10.4 Å². The molecule has 1 aromatic heterocycles. The van der Waals surface area contributed by atoms with Crippen molar-refractivity contribution in [3.63, 3.8) is 0 Å². The predicted octanol–water partition coefficient (Wildman–Crippen LogP) is 3.21. The van der Waals surface area contributed by atoms with E-state index in [1.165, 1.54) is 44.7 Å². The number of carbonyl (C=O) groups is 1. The molecule has 1 aromatic carbocycles. The van der Waals surface area contributed by atoms with Gasteiger partial charge in [-0.25, -0.2) is 9.78 Å². The number of aromatic nitrogens is 1. The minimum absolute atomic E-state index is 0.154. The van der Waals surface area contributed by atoms with Crippen LogP contribution < -0.4 is 4.74 Å². The van der Waals surface area contributed by atoms with E-state index < -0.39 is 10.9 Å². The van der Waals surface area contributed by atoms with Gasteiger partial charge < -0.3 is 9.47 Å². The first-order valence-electron chi connectivity index (χ1n) is 6.04. The van der Waals surface area contributed by atoms with Crippen LogP contribution in [0.4, 0.5) is 5.69 Å². The number of methoxy groups -OCH3 is 2. The van der Waals surface area contributed by atoms with Crippen LogP contribution in [-0.4, -0.2) is 30.1 Å². The van der Waals surface area contributed by atoms with Gasteiger partial charge in [-0.05, 0) is 34.1 Å². The Morgan fingerprint density at radius 1 is 1.32 bits per heavy atom. The quantitative estimate of drug-likeness (QED) is 0.468. The summed E-state index contributed by atoms with van der Waals surface area (Å²) in [5.74, 6) is -0.232. The maximum atomic E-state index is 11.5. The van der Waals surface area contributed by atoms with Gasteiger partial charge in [-0.3, -0.25) is 10.1 Å². The van der Waals surface area contributed by atoms with Crippen LogP contribution in [-0.2, 0) is 4.74 Å². The van der Waals surface area contributed by atoms with Crippen molar-refractivity contribution in [2.75, 3.05) is 14.2 Å². The molecule has 1 heterocycles. The van der Waals surface area contributed by atoms with Crippen LogP contribution in [0.3, 0.4) is 0 Å². The Morgan fingerprint density at radius 2 is 2.05 bits per heavy atom. The summed E-state index contributed by atoms with van der Waals surface area (Å²) >= 11 is 3.15. The van der Waals surface area contributed by atoms with E-state index >= 15 is 0 Å². The molecule has 0 N–H and O–H groups in total. The number of pyridine rings is 1. The molecular weight excluding hydrogens is 356 g/mol. The molecule has 0 saturated heterocycles. The maximum Gasteiger partial charge on any atom is 0.337 e. The third kappa shape index (κ3) is 3.06. The zero-order valence-corrected chi connectivity index (χ0v) is 13.3. The van der Waals surface area contributed by atoms with Crippen LogP contribution in [0.25, 0.3) is 11.3 Å². The summed E-state index contributed by atoms with van der Waals surface area (Å²) < 4.78 is 10.3. The van der Waals surface area contributed by atoms with E-state index in [2.05, 4.69) is 25.7 Å². The number of halogens is 1. The lowest BCUT2D eigenvalue weighted by Gasteiger charge is -2.10. The average molecular weight is 367 g/mol. The van der Waals surface area contributed by atoms with E-state index in [1.54, 1.807) is 0 Å². The molecule has 2 rings (SSSR count). The van der Waals surface area contributed by atoms with Crippen molar-refractivity contribution in [1.82, 2.24) is 4.98 Å². The van der Waals surface area contributed by atoms with Crippen LogP contribution >= 0.6 is 15.9 Å². The molecule has 0 aliphatic carbocycles. The van der Waals surface area contributed by atoms with Crippen molar-refractivity contribution < 1.29 is 19.2 Å². The summed E-state index contributed by atoms with van der Waals surface area (Å²) in [4.78, 5) is 26.3. The first-order chi connectivity index (χ1) is 10.5. The zero-order valence-electron chi connectivity index (χ0n) is 11.7. The summed E-state index contributed by atoms with van der Waals surface area (Å²) in [5, 5.41) is 11.2. The lowest BCUT2D eigenvalue weighted by molar-refractivity contribution is -0.384. The number of nitrogens with zero attached hydrogens (tertiary/aromatic N) is 2. The molecule has 0 amide bonds. The van der Waals surface area contributed by atoms with Gasteiger partial charge in [-0.2, -0.15) is 0 Å². The SMILES string of the molecule is COC(=O)c1ccc(-c2ncc(Br)cc2[N+](=O)[O-])c(OC)c1. The second-order valence-corrected chi connectivity index (χ2v) is 5.10. The molecule has 0 radical (unpaired) electrons.